The summed E-state index contributed by atoms with van der Waals surface area (Å²) in [5, 5.41) is 6.72. The lowest BCUT2D eigenvalue weighted by Crippen LogP contribution is -2.42. The molecule has 0 aliphatic carbocycles. The molecule has 1 atom stereocenters. The average Bonchev–Trinajstić information content (AvgIpc) is 3.36. The van der Waals surface area contributed by atoms with E-state index in [4.69, 9.17) is 15.2 Å². The molecular formula is C36H28N2O5S. The van der Waals surface area contributed by atoms with E-state index in [1.165, 1.54) is 9.95 Å². The second kappa shape index (κ2) is 10.8. The molecule has 2 N–H and O–H groups in total. The third-order valence-corrected chi connectivity index (χ3v) is 9.23. The van der Waals surface area contributed by atoms with Crippen LogP contribution in [0.25, 0.3) is 49.8 Å². The molecule has 218 valence electrons. The molecular weight excluding hydrogens is 572 g/mol. The number of carbonyl (C=O) groups is 2. The first-order chi connectivity index (χ1) is 21.4. The third-order valence-electron chi connectivity index (χ3n) is 8.12. The normalized spacial score (nSPS) is 15.4. The maximum atomic E-state index is 14.1. The maximum Gasteiger partial charge on any atom is 0.338 e. The zero-order chi connectivity index (χ0) is 30.5. The van der Waals surface area contributed by atoms with E-state index in [2.05, 4.69) is 48.5 Å². The Kier molecular flexibility index (Phi) is 6.78. The van der Waals surface area contributed by atoms with Gasteiger partial charge in [-0.3, -0.25) is 9.36 Å². The second-order valence-electron chi connectivity index (χ2n) is 10.6. The number of rotatable bonds is 6. The van der Waals surface area contributed by atoms with Gasteiger partial charge in [0.25, 0.3) is 5.56 Å². The maximum absolute atomic E-state index is 14.1. The standard InChI is InChI=1S/C36H28N2O5S/c1-3-42-35(40)30-29(20-9-6-5-7-10-20)31(36(41)43-4-2)34-38(32(30)37)33(39)26(44-34)19-24-16-15-23-14-13-21-11-8-12-22-17-18-25(24)28(23)27(21)22/h5-19,29H,3-4,37H2,1-2H3/b26-19+. The van der Waals surface area contributed by atoms with Crippen LogP contribution >= 0.6 is 11.3 Å². The van der Waals surface area contributed by atoms with E-state index in [-0.39, 0.29) is 30.2 Å². The van der Waals surface area contributed by atoms with Crippen molar-refractivity contribution in [3.63, 3.8) is 0 Å². The van der Waals surface area contributed by atoms with Crippen molar-refractivity contribution in [3.8, 4) is 0 Å². The lowest BCUT2D eigenvalue weighted by atomic mass is 9.83. The fourth-order valence-corrected chi connectivity index (χ4v) is 7.42. The van der Waals surface area contributed by atoms with E-state index in [1.54, 1.807) is 13.8 Å². The Morgan fingerprint density at radius 3 is 2.09 bits per heavy atom. The zero-order valence-corrected chi connectivity index (χ0v) is 24.9. The fraction of sp³-hybridized carbons (Fsp3) is 0.139. The quantitative estimate of drug-likeness (QED) is 0.217. The summed E-state index contributed by atoms with van der Waals surface area (Å²) in [6.07, 6.45) is 1.84. The first-order valence-corrected chi connectivity index (χ1v) is 15.3. The summed E-state index contributed by atoms with van der Waals surface area (Å²) >= 11 is 1.16. The van der Waals surface area contributed by atoms with Crippen LogP contribution in [0, 0.1) is 0 Å². The molecule has 7 rings (SSSR count). The van der Waals surface area contributed by atoms with Gasteiger partial charge < -0.3 is 15.2 Å². The Morgan fingerprint density at radius 2 is 1.41 bits per heavy atom. The SMILES string of the molecule is CCOC(=O)C1=C(N)n2c(s/c(=C/c3ccc4ccc5cccc6ccc3c4c56)c2=O)=C(C(=O)OCC)C1c1ccccc1. The van der Waals surface area contributed by atoms with Gasteiger partial charge in [-0.1, -0.05) is 84.9 Å². The number of thiazole rings is 1. The Balaban J connectivity index is 1.55. The molecule has 6 aromatic rings. The molecule has 1 aromatic heterocycles. The van der Waals surface area contributed by atoms with Gasteiger partial charge in [-0.2, -0.15) is 0 Å². The highest BCUT2D eigenvalue weighted by Crippen LogP contribution is 2.38. The molecule has 0 amide bonds. The smallest absolute Gasteiger partial charge is 0.338 e. The minimum atomic E-state index is -0.880. The Labute approximate surface area is 256 Å². The molecule has 7 nitrogen and oxygen atoms in total. The lowest BCUT2D eigenvalue weighted by Gasteiger charge is -2.27. The predicted octanol–water partition coefficient (Wildman–Crippen LogP) is 4.84. The summed E-state index contributed by atoms with van der Waals surface area (Å²) in [7, 11) is 0. The minimum absolute atomic E-state index is 0.0304. The molecule has 44 heavy (non-hydrogen) atoms. The number of ether oxygens (including phenoxy) is 2. The molecule has 0 fully saturated rings. The summed E-state index contributed by atoms with van der Waals surface area (Å²) in [5.74, 6) is -2.26. The molecule has 1 aliphatic heterocycles. The van der Waals surface area contributed by atoms with Crippen LogP contribution in [0.4, 0.5) is 0 Å². The summed E-state index contributed by atoms with van der Waals surface area (Å²) in [6.45, 7) is 3.63. The Hall–Kier alpha value is -5.21. The number of hydrogen-bond donors (Lipinski definition) is 1. The summed E-state index contributed by atoms with van der Waals surface area (Å²) in [5.41, 5.74) is 7.95. The van der Waals surface area contributed by atoms with Gasteiger partial charge in [0.05, 0.1) is 34.8 Å². The molecule has 5 aromatic carbocycles. The predicted molar refractivity (Wildman–Crippen MR) is 175 cm³/mol. The van der Waals surface area contributed by atoms with E-state index >= 15 is 0 Å². The summed E-state index contributed by atoms with van der Waals surface area (Å²) in [4.78, 5) is 41.1. The number of carbonyl (C=O) groups excluding carboxylic acids is 2. The highest BCUT2D eigenvalue weighted by Gasteiger charge is 2.39. The van der Waals surface area contributed by atoms with Gasteiger partial charge in [0.1, 0.15) is 10.5 Å². The van der Waals surface area contributed by atoms with Crippen LogP contribution in [0.2, 0.25) is 0 Å². The average molecular weight is 601 g/mol. The molecule has 1 unspecified atom stereocenters. The van der Waals surface area contributed by atoms with Gasteiger partial charge in [0.2, 0.25) is 0 Å². The van der Waals surface area contributed by atoms with Gasteiger partial charge >= 0.3 is 11.9 Å². The van der Waals surface area contributed by atoms with E-state index in [1.807, 2.05) is 42.5 Å². The molecule has 0 bridgehead atoms. The van der Waals surface area contributed by atoms with Crippen LogP contribution in [-0.2, 0) is 19.1 Å². The van der Waals surface area contributed by atoms with Crippen molar-refractivity contribution in [1.29, 1.82) is 0 Å². The lowest BCUT2D eigenvalue weighted by molar-refractivity contribution is -0.138. The summed E-state index contributed by atoms with van der Waals surface area (Å²) in [6, 6.07) is 27.8. The van der Waals surface area contributed by atoms with Crippen molar-refractivity contribution >= 4 is 73.1 Å². The topological polar surface area (TPSA) is 101 Å². The van der Waals surface area contributed by atoms with Crippen molar-refractivity contribution < 1.29 is 19.1 Å². The van der Waals surface area contributed by atoms with Crippen LogP contribution in [0.15, 0.2) is 95.3 Å². The van der Waals surface area contributed by atoms with E-state index in [9.17, 15) is 14.4 Å². The minimum Gasteiger partial charge on any atom is -0.463 e. The third kappa shape index (κ3) is 4.21. The van der Waals surface area contributed by atoms with Gasteiger partial charge in [0.15, 0.2) is 0 Å². The van der Waals surface area contributed by atoms with Gasteiger partial charge in [0, 0.05) is 0 Å². The highest BCUT2D eigenvalue weighted by molar-refractivity contribution is 7.07. The molecule has 0 spiro atoms. The second-order valence-corrected chi connectivity index (χ2v) is 11.6. The number of fused-ring (bicyclic) bond motifs is 1. The Bertz CT molecular complexity index is 2320. The monoisotopic (exact) mass is 600 g/mol. The van der Waals surface area contributed by atoms with Crippen LogP contribution < -0.4 is 20.5 Å². The number of nitrogens with two attached hydrogens (primary N) is 1. The molecule has 0 saturated carbocycles. The van der Waals surface area contributed by atoms with Gasteiger partial charge in [-0.05, 0) is 63.4 Å². The number of benzene rings is 5. The molecule has 8 heteroatoms. The first kappa shape index (κ1) is 27.6. The van der Waals surface area contributed by atoms with Crippen LogP contribution in [-0.4, -0.2) is 29.7 Å². The number of hydrogen-bond acceptors (Lipinski definition) is 7. The van der Waals surface area contributed by atoms with Crippen LogP contribution in [0.1, 0.15) is 30.9 Å². The van der Waals surface area contributed by atoms with Crippen molar-refractivity contribution in [2.24, 2.45) is 5.73 Å². The largest absolute Gasteiger partial charge is 0.463 e. The van der Waals surface area contributed by atoms with Crippen molar-refractivity contribution in [3.05, 3.63) is 121 Å². The number of aromatic nitrogens is 1. The van der Waals surface area contributed by atoms with Crippen molar-refractivity contribution in [2.75, 3.05) is 13.2 Å². The zero-order valence-electron chi connectivity index (χ0n) is 24.1. The fourth-order valence-electron chi connectivity index (χ4n) is 6.27. The van der Waals surface area contributed by atoms with Crippen LogP contribution in [0.5, 0.6) is 0 Å². The molecule has 0 saturated heterocycles. The van der Waals surface area contributed by atoms with Gasteiger partial charge in [-0.25, -0.2) is 9.59 Å². The molecule has 0 radical (unpaired) electrons. The van der Waals surface area contributed by atoms with Crippen molar-refractivity contribution in [2.45, 2.75) is 19.8 Å². The molecule has 2 heterocycles. The first-order valence-electron chi connectivity index (χ1n) is 14.5. The Morgan fingerprint density at radius 1 is 0.795 bits per heavy atom. The number of nitrogens with zero attached hydrogens (tertiary/aromatic N) is 1. The highest BCUT2D eigenvalue weighted by atomic mass is 32.1. The number of esters is 2. The van der Waals surface area contributed by atoms with Crippen molar-refractivity contribution in [1.82, 2.24) is 4.57 Å². The van der Waals surface area contributed by atoms with E-state index in [0.717, 1.165) is 43.8 Å². The van der Waals surface area contributed by atoms with E-state index in [0.29, 0.717) is 14.8 Å². The van der Waals surface area contributed by atoms with E-state index < -0.39 is 23.4 Å². The van der Waals surface area contributed by atoms with Gasteiger partial charge in [-0.15, -0.1) is 11.3 Å². The van der Waals surface area contributed by atoms with Crippen LogP contribution in [0.3, 0.4) is 0 Å². The summed E-state index contributed by atoms with van der Waals surface area (Å²) < 4.78 is 12.8. The molecule has 1 aliphatic rings.